The molecule has 36 heavy (non-hydrogen) atoms. The van der Waals surface area contributed by atoms with E-state index in [9.17, 15) is 19.5 Å². The zero-order valence-electron chi connectivity index (χ0n) is 20.1. The number of carbonyl (C=O) groups is 3. The minimum Gasteiger partial charge on any atom is -0.480 e. The molecule has 10 heteroatoms. The molecular weight excluding hydrogens is 460 g/mol. The topological polar surface area (TPSA) is 135 Å². The predicted octanol–water partition coefficient (Wildman–Crippen LogP) is 1.55. The molecule has 1 fully saturated rings. The molecule has 1 saturated heterocycles. The molecule has 0 aliphatic carbocycles. The van der Waals surface area contributed by atoms with Crippen molar-refractivity contribution in [3.63, 3.8) is 0 Å². The molecule has 10 nitrogen and oxygen atoms in total. The summed E-state index contributed by atoms with van der Waals surface area (Å²) in [5.74, 6) is -1.31. The number of nitrogens with one attached hydrogen (secondary N) is 4. The third-order valence-corrected chi connectivity index (χ3v) is 6.27. The number of nitrogens with zero attached hydrogens (tertiary/aromatic N) is 2. The monoisotopic (exact) mass is 492 g/mol. The lowest BCUT2D eigenvalue weighted by atomic mass is 10.1. The molecule has 4 rings (SSSR count). The van der Waals surface area contributed by atoms with E-state index in [0.717, 1.165) is 57.0 Å². The molecule has 2 aromatic carbocycles. The van der Waals surface area contributed by atoms with Gasteiger partial charge in [0.2, 0.25) is 0 Å². The number of rotatable bonds is 8. The number of hydrogen-bond donors (Lipinski definition) is 5. The van der Waals surface area contributed by atoms with E-state index in [4.69, 9.17) is 0 Å². The minimum atomic E-state index is -1.25. The molecule has 2 heterocycles. The van der Waals surface area contributed by atoms with Gasteiger partial charge in [-0.25, -0.2) is 4.79 Å². The van der Waals surface area contributed by atoms with E-state index in [1.165, 1.54) is 0 Å². The van der Waals surface area contributed by atoms with Gasteiger partial charge in [-0.1, -0.05) is 18.2 Å². The molecule has 0 saturated carbocycles. The number of carbonyl (C=O) groups excluding carboxylic acids is 2. The second-order valence-electron chi connectivity index (χ2n) is 8.85. The number of aliphatic imine (C=N–C) groups is 1. The van der Waals surface area contributed by atoms with Crippen LogP contribution in [0.2, 0.25) is 0 Å². The van der Waals surface area contributed by atoms with Gasteiger partial charge in [0, 0.05) is 43.0 Å². The normalized spacial score (nSPS) is 18.3. The van der Waals surface area contributed by atoms with E-state index >= 15 is 0 Å². The van der Waals surface area contributed by atoms with Gasteiger partial charge in [-0.15, -0.1) is 0 Å². The number of amides is 2. The van der Waals surface area contributed by atoms with Crippen molar-refractivity contribution < 1.29 is 19.5 Å². The summed E-state index contributed by atoms with van der Waals surface area (Å²) >= 11 is 0. The quantitative estimate of drug-likeness (QED) is 0.377. The average Bonchev–Trinajstić information content (AvgIpc) is 2.92. The SMILES string of the molecule is O=C(NC[C@H](NC(=O)c1ccccc1)C(=O)O)c1ccc(N2CCCCC2NC2=NCCCN2)cc1. The molecule has 2 aromatic rings. The van der Waals surface area contributed by atoms with Crippen molar-refractivity contribution in [2.45, 2.75) is 37.9 Å². The van der Waals surface area contributed by atoms with E-state index in [1.807, 2.05) is 12.1 Å². The average molecular weight is 493 g/mol. The molecule has 0 aromatic heterocycles. The van der Waals surface area contributed by atoms with Gasteiger partial charge in [0.25, 0.3) is 11.8 Å². The first-order valence-corrected chi connectivity index (χ1v) is 12.3. The molecule has 0 bridgehead atoms. The largest absolute Gasteiger partial charge is 0.480 e. The number of carboxylic acids is 1. The molecule has 1 unspecified atom stereocenters. The van der Waals surface area contributed by atoms with Crippen LogP contribution in [-0.4, -0.2) is 67.2 Å². The van der Waals surface area contributed by atoms with Crippen molar-refractivity contribution in [1.29, 1.82) is 0 Å². The lowest BCUT2D eigenvalue weighted by Crippen LogP contribution is -2.55. The first kappa shape index (κ1) is 25.0. The lowest BCUT2D eigenvalue weighted by Gasteiger charge is -2.39. The minimum absolute atomic E-state index is 0.118. The van der Waals surface area contributed by atoms with Crippen LogP contribution in [0.1, 0.15) is 46.4 Å². The highest BCUT2D eigenvalue weighted by Gasteiger charge is 2.25. The molecule has 2 aliphatic rings. The van der Waals surface area contributed by atoms with Gasteiger partial charge in [0.05, 0.1) is 0 Å². The Bertz CT molecular complexity index is 1090. The molecule has 190 valence electrons. The number of aliphatic carboxylic acids is 1. The highest BCUT2D eigenvalue weighted by atomic mass is 16.4. The van der Waals surface area contributed by atoms with Gasteiger partial charge in [-0.2, -0.15) is 0 Å². The van der Waals surface area contributed by atoms with Crippen molar-refractivity contribution in [2.75, 3.05) is 31.1 Å². The summed E-state index contributed by atoms with van der Waals surface area (Å²) in [4.78, 5) is 43.4. The molecular formula is C26H32N6O4. The summed E-state index contributed by atoms with van der Waals surface area (Å²) in [6.07, 6.45) is 4.37. The lowest BCUT2D eigenvalue weighted by molar-refractivity contribution is -0.139. The van der Waals surface area contributed by atoms with Gasteiger partial charge in [0.1, 0.15) is 12.2 Å². The summed E-state index contributed by atoms with van der Waals surface area (Å²) in [7, 11) is 0. The zero-order valence-corrected chi connectivity index (χ0v) is 20.1. The van der Waals surface area contributed by atoms with Crippen molar-refractivity contribution in [2.24, 2.45) is 4.99 Å². The Morgan fingerprint density at radius 3 is 2.44 bits per heavy atom. The molecule has 2 amide bonds. The summed E-state index contributed by atoms with van der Waals surface area (Å²) in [5, 5.41) is 21.4. The molecule has 2 atom stereocenters. The van der Waals surface area contributed by atoms with E-state index in [1.54, 1.807) is 42.5 Å². The number of hydrogen-bond acceptors (Lipinski definition) is 7. The first-order valence-electron chi connectivity index (χ1n) is 12.3. The maximum atomic E-state index is 12.7. The zero-order chi connectivity index (χ0) is 25.3. The van der Waals surface area contributed by atoms with E-state index in [2.05, 4.69) is 31.2 Å². The third-order valence-electron chi connectivity index (χ3n) is 6.27. The van der Waals surface area contributed by atoms with Crippen LogP contribution in [0, 0.1) is 0 Å². The third kappa shape index (κ3) is 6.53. The van der Waals surface area contributed by atoms with Crippen LogP contribution < -0.4 is 26.2 Å². The maximum Gasteiger partial charge on any atom is 0.328 e. The van der Waals surface area contributed by atoms with Crippen molar-refractivity contribution in [3.8, 4) is 0 Å². The Morgan fingerprint density at radius 1 is 1.00 bits per heavy atom. The van der Waals surface area contributed by atoms with E-state index in [0.29, 0.717) is 11.1 Å². The Morgan fingerprint density at radius 2 is 1.75 bits per heavy atom. The fraction of sp³-hybridized carbons (Fsp3) is 0.385. The van der Waals surface area contributed by atoms with E-state index < -0.39 is 23.8 Å². The summed E-state index contributed by atoms with van der Waals surface area (Å²) in [6, 6.07) is 14.3. The van der Waals surface area contributed by atoms with Crippen molar-refractivity contribution in [1.82, 2.24) is 21.3 Å². The molecule has 5 N–H and O–H groups in total. The number of guanidine groups is 1. The Kier molecular flexibility index (Phi) is 8.38. The second kappa shape index (κ2) is 12.1. The van der Waals surface area contributed by atoms with Gasteiger partial charge in [0.15, 0.2) is 5.96 Å². The fourth-order valence-corrected chi connectivity index (χ4v) is 4.31. The predicted molar refractivity (Wildman–Crippen MR) is 137 cm³/mol. The number of anilines is 1. The molecule has 0 radical (unpaired) electrons. The van der Waals surface area contributed by atoms with Crippen LogP contribution in [-0.2, 0) is 4.79 Å². The molecule has 2 aliphatic heterocycles. The Hall–Kier alpha value is -4.08. The summed E-state index contributed by atoms with van der Waals surface area (Å²) in [5.41, 5.74) is 1.76. The standard InChI is InChI=1S/C26H32N6O4/c33-23(29-17-21(25(35)36)30-24(34)18-7-2-1-3-8-18)19-10-12-20(13-11-19)32-16-5-4-9-22(32)31-26-27-14-6-15-28-26/h1-3,7-8,10-13,21-22H,4-6,9,14-17H2,(H,29,33)(H,30,34)(H,35,36)(H2,27,28,31)/t21-,22?/m0/s1. The smallest absolute Gasteiger partial charge is 0.328 e. The maximum absolute atomic E-state index is 12.7. The molecule has 0 spiro atoms. The number of carboxylic acid groups (broad SMARTS) is 1. The van der Waals surface area contributed by atoms with Crippen LogP contribution in [0.3, 0.4) is 0 Å². The Labute approximate surface area is 210 Å². The van der Waals surface area contributed by atoms with Gasteiger partial charge >= 0.3 is 5.97 Å². The summed E-state index contributed by atoms with van der Waals surface area (Å²) in [6.45, 7) is 2.41. The van der Waals surface area contributed by atoms with Crippen molar-refractivity contribution in [3.05, 3.63) is 65.7 Å². The van der Waals surface area contributed by atoms with Crippen molar-refractivity contribution >= 4 is 29.4 Å². The van der Waals surface area contributed by atoms with Crippen LogP contribution in [0.4, 0.5) is 5.69 Å². The second-order valence-corrected chi connectivity index (χ2v) is 8.85. The van der Waals surface area contributed by atoms with Gasteiger partial charge in [-0.05, 0) is 62.1 Å². The van der Waals surface area contributed by atoms with Crippen LogP contribution in [0.15, 0.2) is 59.6 Å². The summed E-state index contributed by atoms with van der Waals surface area (Å²) < 4.78 is 0. The van der Waals surface area contributed by atoms with Crippen LogP contribution in [0.25, 0.3) is 0 Å². The van der Waals surface area contributed by atoms with Gasteiger partial charge in [-0.3, -0.25) is 14.6 Å². The van der Waals surface area contributed by atoms with Crippen LogP contribution in [0.5, 0.6) is 0 Å². The number of piperidine rings is 1. The number of benzene rings is 2. The highest BCUT2D eigenvalue weighted by molar-refractivity contribution is 5.97. The Balaban J connectivity index is 1.34. The first-order chi connectivity index (χ1) is 17.5. The van der Waals surface area contributed by atoms with Gasteiger partial charge < -0.3 is 31.3 Å². The van der Waals surface area contributed by atoms with Crippen LogP contribution >= 0.6 is 0 Å². The highest BCUT2D eigenvalue weighted by Crippen LogP contribution is 2.24. The van der Waals surface area contributed by atoms with E-state index in [-0.39, 0.29) is 12.7 Å². The fourth-order valence-electron chi connectivity index (χ4n) is 4.31.